The maximum Gasteiger partial charge on any atom is 0.418 e. The molecular weight excluding hydrogens is 371 g/mol. The minimum Gasteiger partial charge on any atom is -0.383 e. The number of nitrogens with one attached hydrogen (secondary N) is 2. The number of fused-ring (bicyclic) bond motifs is 1. The molecule has 2 aromatic rings. The molecular formula is C20H20F3N3O2. The fraction of sp³-hybridized carbons (Fsp3) is 0.300. The van der Waals surface area contributed by atoms with Crippen LogP contribution in [-0.2, 0) is 15.7 Å². The van der Waals surface area contributed by atoms with Crippen molar-refractivity contribution in [2.45, 2.75) is 19.0 Å². The summed E-state index contributed by atoms with van der Waals surface area (Å²) < 4.78 is 45.1. The Kier molecular flexibility index (Phi) is 5.69. The van der Waals surface area contributed by atoms with Crippen molar-refractivity contribution in [2.75, 3.05) is 30.9 Å². The van der Waals surface area contributed by atoms with E-state index < -0.39 is 17.7 Å². The van der Waals surface area contributed by atoms with Crippen molar-refractivity contribution in [1.82, 2.24) is 0 Å². The number of nitrogens with zero attached hydrogens (tertiary/aromatic N) is 1. The molecule has 3 rings (SSSR count). The Hall–Kier alpha value is -2.87. The molecule has 0 bridgehead atoms. The van der Waals surface area contributed by atoms with Gasteiger partial charge in [0.05, 0.1) is 17.9 Å². The monoisotopic (exact) mass is 391 g/mol. The quantitative estimate of drug-likeness (QED) is 0.563. The summed E-state index contributed by atoms with van der Waals surface area (Å²) in [6.07, 6.45) is -3.14. The lowest BCUT2D eigenvalue weighted by atomic mass is 9.97. The number of anilines is 2. The topological polar surface area (TPSA) is 62.7 Å². The third kappa shape index (κ3) is 4.17. The van der Waals surface area contributed by atoms with Gasteiger partial charge >= 0.3 is 6.18 Å². The number of carbonyl (C=O) groups is 1. The van der Waals surface area contributed by atoms with Crippen LogP contribution in [0.1, 0.15) is 22.6 Å². The van der Waals surface area contributed by atoms with E-state index in [0.29, 0.717) is 5.69 Å². The number of hydrogen-bond acceptors (Lipinski definition) is 4. The lowest BCUT2D eigenvalue weighted by Gasteiger charge is -2.15. The highest BCUT2D eigenvalue weighted by molar-refractivity contribution is 6.13. The Balaban J connectivity index is 1.88. The summed E-state index contributed by atoms with van der Waals surface area (Å²) in [7, 11) is 1.48. The van der Waals surface area contributed by atoms with E-state index in [1.54, 1.807) is 6.07 Å². The molecule has 5 nitrogen and oxygen atoms in total. The fourth-order valence-corrected chi connectivity index (χ4v) is 3.14. The largest absolute Gasteiger partial charge is 0.418 e. The zero-order valence-corrected chi connectivity index (χ0v) is 15.4. The van der Waals surface area contributed by atoms with Crippen molar-refractivity contribution < 1.29 is 22.7 Å². The number of benzene rings is 2. The number of aliphatic imine (C=N–C) groups is 1. The smallest absolute Gasteiger partial charge is 0.383 e. The van der Waals surface area contributed by atoms with Crippen LogP contribution in [0, 0.1) is 6.92 Å². The molecule has 2 N–H and O–H groups in total. The Morgan fingerprint density at radius 3 is 2.79 bits per heavy atom. The molecule has 1 unspecified atom stereocenters. The molecule has 0 saturated carbocycles. The van der Waals surface area contributed by atoms with Gasteiger partial charge in [0, 0.05) is 31.2 Å². The summed E-state index contributed by atoms with van der Waals surface area (Å²) in [5, 5.41) is 5.48. The van der Waals surface area contributed by atoms with E-state index in [1.165, 1.54) is 25.5 Å². The highest BCUT2D eigenvalue weighted by Gasteiger charge is 2.34. The van der Waals surface area contributed by atoms with Gasteiger partial charge in [0.25, 0.3) is 0 Å². The summed E-state index contributed by atoms with van der Waals surface area (Å²) in [5.74, 6) is -0.882. The van der Waals surface area contributed by atoms with Gasteiger partial charge in [-0.25, -0.2) is 0 Å². The number of alkyl halides is 3. The van der Waals surface area contributed by atoms with Crippen molar-refractivity contribution >= 4 is 29.2 Å². The van der Waals surface area contributed by atoms with Gasteiger partial charge in [-0.3, -0.25) is 9.79 Å². The van der Waals surface area contributed by atoms with Crippen LogP contribution in [0.4, 0.5) is 30.2 Å². The van der Waals surface area contributed by atoms with Crippen molar-refractivity contribution in [3.05, 3.63) is 53.1 Å². The lowest BCUT2D eigenvalue weighted by molar-refractivity contribution is -0.137. The van der Waals surface area contributed by atoms with Gasteiger partial charge in [0.1, 0.15) is 5.92 Å². The predicted molar refractivity (Wildman–Crippen MR) is 103 cm³/mol. The Bertz CT molecular complexity index is 910. The van der Waals surface area contributed by atoms with E-state index >= 15 is 0 Å². The second-order valence-electron chi connectivity index (χ2n) is 6.43. The summed E-state index contributed by atoms with van der Waals surface area (Å²) in [4.78, 5) is 16.4. The maximum absolute atomic E-state index is 13.4. The number of amides is 1. The maximum atomic E-state index is 13.4. The number of halogens is 3. The second-order valence-corrected chi connectivity index (χ2v) is 6.43. The molecule has 28 heavy (non-hydrogen) atoms. The van der Waals surface area contributed by atoms with Crippen LogP contribution in [0.5, 0.6) is 0 Å². The van der Waals surface area contributed by atoms with E-state index in [1.807, 2.05) is 19.1 Å². The third-order valence-corrected chi connectivity index (χ3v) is 4.48. The van der Waals surface area contributed by atoms with E-state index in [4.69, 9.17) is 4.74 Å². The summed E-state index contributed by atoms with van der Waals surface area (Å²) >= 11 is 0. The first-order chi connectivity index (χ1) is 13.3. The van der Waals surface area contributed by atoms with Gasteiger partial charge in [-0.2, -0.15) is 13.2 Å². The first-order valence-electron chi connectivity index (χ1n) is 8.70. The summed E-state index contributed by atoms with van der Waals surface area (Å²) in [6, 6.07) is 9.28. The highest BCUT2D eigenvalue weighted by atomic mass is 19.4. The number of aryl methyl sites for hydroxylation is 1. The summed E-state index contributed by atoms with van der Waals surface area (Å²) in [5.41, 5.74) is 1.69. The molecule has 0 aromatic heterocycles. The number of rotatable bonds is 6. The molecule has 1 heterocycles. The fourth-order valence-electron chi connectivity index (χ4n) is 3.14. The Morgan fingerprint density at radius 2 is 2.07 bits per heavy atom. The van der Waals surface area contributed by atoms with Crippen molar-refractivity contribution in [2.24, 2.45) is 4.99 Å². The van der Waals surface area contributed by atoms with Crippen LogP contribution in [0.2, 0.25) is 0 Å². The highest BCUT2D eigenvalue weighted by Crippen LogP contribution is 2.38. The van der Waals surface area contributed by atoms with Crippen LogP contribution in [-0.4, -0.2) is 32.4 Å². The zero-order valence-electron chi connectivity index (χ0n) is 15.4. The van der Waals surface area contributed by atoms with Crippen LogP contribution >= 0.6 is 0 Å². The Morgan fingerprint density at radius 1 is 1.29 bits per heavy atom. The number of methoxy groups -OCH3 is 1. The zero-order chi connectivity index (χ0) is 20.3. The first kappa shape index (κ1) is 19.9. The molecule has 0 radical (unpaired) electrons. The molecule has 0 saturated heterocycles. The number of carbonyl (C=O) groups excluding carboxylic acids is 1. The number of ether oxygens (including phenoxy) is 1. The van der Waals surface area contributed by atoms with Gasteiger partial charge in [0.15, 0.2) is 0 Å². The molecule has 1 aliphatic heterocycles. The third-order valence-electron chi connectivity index (χ3n) is 4.48. The van der Waals surface area contributed by atoms with Gasteiger partial charge < -0.3 is 15.4 Å². The van der Waals surface area contributed by atoms with Gasteiger partial charge in [0.2, 0.25) is 5.91 Å². The molecule has 148 valence electrons. The van der Waals surface area contributed by atoms with Crippen LogP contribution in [0.15, 0.2) is 41.4 Å². The van der Waals surface area contributed by atoms with Gasteiger partial charge in [-0.1, -0.05) is 12.1 Å². The van der Waals surface area contributed by atoms with E-state index in [9.17, 15) is 18.0 Å². The normalized spacial score (nSPS) is 16.3. The van der Waals surface area contributed by atoms with Crippen LogP contribution < -0.4 is 10.6 Å². The summed E-state index contributed by atoms with van der Waals surface area (Å²) in [6.45, 7) is 2.41. The van der Waals surface area contributed by atoms with Crippen molar-refractivity contribution in [1.29, 1.82) is 0 Å². The van der Waals surface area contributed by atoms with E-state index in [2.05, 4.69) is 15.6 Å². The first-order valence-corrected chi connectivity index (χ1v) is 8.70. The predicted octanol–water partition coefficient (Wildman–Crippen LogP) is 4.51. The van der Waals surface area contributed by atoms with Crippen molar-refractivity contribution in [3.63, 3.8) is 0 Å². The van der Waals surface area contributed by atoms with E-state index in [0.717, 1.165) is 17.2 Å². The molecule has 8 heteroatoms. The SMILES string of the molecule is COCCNc1ccc(N=CC2C(=O)Nc3cccc(C)c32)cc1C(F)(F)F. The molecule has 0 aliphatic carbocycles. The molecule has 1 amide bonds. The van der Waals surface area contributed by atoms with E-state index in [-0.39, 0.29) is 30.4 Å². The minimum atomic E-state index is -4.53. The second kappa shape index (κ2) is 8.02. The minimum absolute atomic E-state index is 0.0386. The van der Waals surface area contributed by atoms with Crippen molar-refractivity contribution in [3.8, 4) is 0 Å². The molecule has 2 aromatic carbocycles. The average Bonchev–Trinajstić information content (AvgIpc) is 2.96. The van der Waals surface area contributed by atoms with Gasteiger partial charge in [-0.15, -0.1) is 0 Å². The average molecular weight is 391 g/mol. The molecule has 0 spiro atoms. The molecule has 1 aliphatic rings. The number of hydrogen-bond donors (Lipinski definition) is 2. The standard InChI is InChI=1S/C20H20F3N3O2/c1-12-4-3-5-17-18(12)14(19(27)26-17)11-25-13-6-7-16(24-8-9-28-2)15(10-13)20(21,22)23/h3-7,10-11,14,24H,8-9H2,1-2H3,(H,26,27). The van der Waals surface area contributed by atoms with Gasteiger partial charge in [-0.05, 0) is 42.3 Å². The lowest BCUT2D eigenvalue weighted by Crippen LogP contribution is -2.14. The Labute approximate surface area is 160 Å². The van der Waals surface area contributed by atoms with Crippen LogP contribution in [0.3, 0.4) is 0 Å². The molecule has 0 fully saturated rings. The van der Waals surface area contributed by atoms with Crippen LogP contribution in [0.25, 0.3) is 0 Å². The molecule has 1 atom stereocenters.